The molecule has 0 amide bonds. The number of morpholine rings is 1. The van der Waals surface area contributed by atoms with E-state index in [-0.39, 0.29) is 36.2 Å². The van der Waals surface area contributed by atoms with Crippen molar-refractivity contribution in [3.05, 3.63) is 51.5 Å². The summed E-state index contributed by atoms with van der Waals surface area (Å²) in [4.78, 5) is 11.4. The smallest absolute Gasteiger partial charge is 0.191 e. The number of nitrogens with one attached hydrogen (secondary N) is 2. The minimum absolute atomic E-state index is 0. The number of rotatable bonds is 7. The maximum Gasteiger partial charge on any atom is 0.191 e. The number of benzene rings is 1. The van der Waals surface area contributed by atoms with E-state index in [0.717, 1.165) is 55.8 Å². The molecule has 0 saturated carbocycles. The van der Waals surface area contributed by atoms with Crippen LogP contribution in [0.3, 0.4) is 0 Å². The van der Waals surface area contributed by atoms with Crippen molar-refractivity contribution in [1.82, 2.24) is 20.5 Å². The quantitative estimate of drug-likeness (QED) is 0.318. The van der Waals surface area contributed by atoms with E-state index in [1.807, 2.05) is 14.0 Å². The summed E-state index contributed by atoms with van der Waals surface area (Å²) in [5.41, 5.74) is 3.79. The molecule has 0 radical (unpaired) electrons. The summed E-state index contributed by atoms with van der Waals surface area (Å²) in [7, 11) is 1.81. The first-order valence-electron chi connectivity index (χ1n) is 10.3. The van der Waals surface area contributed by atoms with Gasteiger partial charge in [0.25, 0.3) is 0 Å². The lowest BCUT2D eigenvalue weighted by Gasteiger charge is -2.35. The molecular weight excluding hydrogens is 509 g/mol. The summed E-state index contributed by atoms with van der Waals surface area (Å²) in [6.07, 6.45) is 1.47. The number of aromatic nitrogens is 1. The Morgan fingerprint density at radius 2 is 1.90 bits per heavy atom. The van der Waals surface area contributed by atoms with Gasteiger partial charge in [-0.2, -0.15) is 0 Å². The lowest BCUT2D eigenvalue weighted by Crippen LogP contribution is -2.45. The molecule has 2 N–H and O–H groups in total. The molecule has 8 heteroatoms. The van der Waals surface area contributed by atoms with Crippen LogP contribution in [0, 0.1) is 6.92 Å². The minimum Gasteiger partial charge on any atom is -0.373 e. The molecule has 2 heterocycles. The van der Waals surface area contributed by atoms with E-state index in [1.54, 1.807) is 11.3 Å². The summed E-state index contributed by atoms with van der Waals surface area (Å²) in [6, 6.07) is 8.64. The van der Waals surface area contributed by atoms with Gasteiger partial charge in [-0.15, -0.1) is 35.3 Å². The summed E-state index contributed by atoms with van der Waals surface area (Å²) in [5, 5.41) is 10.1. The van der Waals surface area contributed by atoms with Crippen molar-refractivity contribution in [1.29, 1.82) is 0 Å². The van der Waals surface area contributed by atoms with E-state index in [4.69, 9.17) is 4.74 Å². The molecule has 6 nitrogen and oxygen atoms in total. The molecule has 0 aliphatic carbocycles. The molecule has 1 aliphatic rings. The number of aliphatic imine (C=N–C) groups is 1. The number of aryl methyl sites for hydroxylation is 1. The molecule has 1 aromatic carbocycles. The molecule has 1 fully saturated rings. The van der Waals surface area contributed by atoms with E-state index < -0.39 is 0 Å². The van der Waals surface area contributed by atoms with Crippen LogP contribution in [-0.2, 0) is 24.2 Å². The van der Waals surface area contributed by atoms with Crippen LogP contribution in [0.25, 0.3) is 0 Å². The Balaban J connectivity index is 0.00000320. The van der Waals surface area contributed by atoms with Crippen molar-refractivity contribution in [2.45, 2.75) is 52.5 Å². The van der Waals surface area contributed by atoms with Gasteiger partial charge in [-0.3, -0.25) is 9.89 Å². The van der Waals surface area contributed by atoms with Gasteiger partial charge in [-0.05, 0) is 31.9 Å². The lowest BCUT2D eigenvalue weighted by molar-refractivity contribution is -0.0705. The molecule has 0 spiro atoms. The van der Waals surface area contributed by atoms with Crippen LogP contribution in [0.2, 0.25) is 0 Å². The third-order valence-electron chi connectivity index (χ3n) is 5.02. The van der Waals surface area contributed by atoms with Gasteiger partial charge in [0.2, 0.25) is 0 Å². The molecule has 166 valence electrons. The van der Waals surface area contributed by atoms with Crippen LogP contribution in [-0.4, -0.2) is 54.7 Å². The zero-order chi connectivity index (χ0) is 20.6. The Hall–Kier alpha value is -1.23. The summed E-state index contributed by atoms with van der Waals surface area (Å²) >= 11 is 1.70. The number of hydrogen-bond donors (Lipinski definition) is 2. The second kappa shape index (κ2) is 12.6. The Morgan fingerprint density at radius 3 is 2.53 bits per heavy atom. The highest BCUT2D eigenvalue weighted by Gasteiger charge is 2.22. The Morgan fingerprint density at radius 1 is 1.20 bits per heavy atom. The molecule has 1 saturated heterocycles. The van der Waals surface area contributed by atoms with Crippen LogP contribution in [0.4, 0.5) is 0 Å². The highest BCUT2D eigenvalue weighted by molar-refractivity contribution is 14.0. The van der Waals surface area contributed by atoms with Crippen molar-refractivity contribution >= 4 is 41.3 Å². The predicted molar refractivity (Wildman–Crippen MR) is 136 cm³/mol. The fourth-order valence-electron chi connectivity index (χ4n) is 3.77. The van der Waals surface area contributed by atoms with Gasteiger partial charge < -0.3 is 15.4 Å². The monoisotopic (exact) mass is 543 g/mol. The molecule has 2 aromatic rings. The van der Waals surface area contributed by atoms with Crippen molar-refractivity contribution < 1.29 is 4.74 Å². The topological polar surface area (TPSA) is 61.8 Å². The summed E-state index contributed by atoms with van der Waals surface area (Å²) in [5.74, 6) is 0.820. The average molecular weight is 544 g/mol. The molecule has 0 bridgehead atoms. The number of thiazole rings is 1. The third kappa shape index (κ3) is 7.79. The SMILES string of the molecule is CN=C(NCCc1csc(C)n1)NCc1ccccc1CN1CC(C)OC(C)C1.I. The second-order valence-corrected chi connectivity index (χ2v) is 8.74. The van der Waals surface area contributed by atoms with Crippen LogP contribution in [0.5, 0.6) is 0 Å². The van der Waals surface area contributed by atoms with Crippen molar-refractivity contribution in [2.24, 2.45) is 4.99 Å². The zero-order valence-electron chi connectivity index (χ0n) is 18.4. The molecule has 30 heavy (non-hydrogen) atoms. The minimum atomic E-state index is 0. The molecule has 2 unspecified atom stereocenters. The van der Waals surface area contributed by atoms with Gasteiger partial charge in [-0.1, -0.05) is 24.3 Å². The van der Waals surface area contributed by atoms with Crippen LogP contribution < -0.4 is 10.6 Å². The first kappa shape index (κ1) is 25.0. The number of nitrogens with zero attached hydrogens (tertiary/aromatic N) is 3. The van der Waals surface area contributed by atoms with Crippen LogP contribution >= 0.6 is 35.3 Å². The molecule has 1 aromatic heterocycles. The van der Waals surface area contributed by atoms with Gasteiger partial charge in [-0.25, -0.2) is 4.98 Å². The van der Waals surface area contributed by atoms with Gasteiger partial charge in [0.1, 0.15) is 0 Å². The first-order chi connectivity index (χ1) is 14.0. The fraction of sp³-hybridized carbons (Fsp3) is 0.545. The van der Waals surface area contributed by atoms with E-state index in [0.29, 0.717) is 0 Å². The normalized spacial score (nSPS) is 19.9. The van der Waals surface area contributed by atoms with E-state index >= 15 is 0 Å². The van der Waals surface area contributed by atoms with E-state index in [9.17, 15) is 0 Å². The number of hydrogen-bond acceptors (Lipinski definition) is 5. The van der Waals surface area contributed by atoms with Gasteiger partial charge >= 0.3 is 0 Å². The molecule has 3 rings (SSSR count). The van der Waals surface area contributed by atoms with Gasteiger partial charge in [0, 0.05) is 51.6 Å². The highest BCUT2D eigenvalue weighted by atomic mass is 127. The Bertz CT molecular complexity index is 802. The van der Waals surface area contributed by atoms with Gasteiger partial charge in [0.05, 0.1) is 22.9 Å². The summed E-state index contributed by atoms with van der Waals surface area (Å²) in [6.45, 7) is 10.8. The maximum atomic E-state index is 5.87. The van der Waals surface area contributed by atoms with Crippen LogP contribution in [0.1, 0.15) is 35.7 Å². The van der Waals surface area contributed by atoms with Crippen molar-refractivity contribution in [3.63, 3.8) is 0 Å². The first-order valence-corrected chi connectivity index (χ1v) is 11.2. The van der Waals surface area contributed by atoms with Crippen LogP contribution in [0.15, 0.2) is 34.6 Å². The molecular formula is C22H34IN5OS. The van der Waals surface area contributed by atoms with E-state index in [1.165, 1.54) is 11.1 Å². The van der Waals surface area contributed by atoms with Gasteiger partial charge in [0.15, 0.2) is 5.96 Å². The average Bonchev–Trinajstić information content (AvgIpc) is 3.10. The lowest BCUT2D eigenvalue weighted by atomic mass is 10.1. The van der Waals surface area contributed by atoms with E-state index in [2.05, 4.69) is 69.0 Å². The third-order valence-corrected chi connectivity index (χ3v) is 5.84. The molecule has 1 aliphatic heterocycles. The standard InChI is InChI=1S/C22H33N5OS.HI/c1-16-12-27(13-17(2)28-16)14-20-8-6-5-7-19(20)11-25-22(23-4)24-10-9-21-15-29-18(3)26-21;/h5-8,15-17H,9-14H2,1-4H3,(H2,23,24,25);1H. The zero-order valence-corrected chi connectivity index (χ0v) is 21.5. The fourth-order valence-corrected chi connectivity index (χ4v) is 4.42. The maximum absolute atomic E-state index is 5.87. The number of ether oxygens (including phenoxy) is 1. The second-order valence-electron chi connectivity index (χ2n) is 7.68. The number of halogens is 1. The molecule has 2 atom stereocenters. The Kier molecular flexibility index (Phi) is 10.5. The number of guanidine groups is 1. The largest absolute Gasteiger partial charge is 0.373 e. The van der Waals surface area contributed by atoms with Crippen molar-refractivity contribution in [2.75, 3.05) is 26.7 Å². The predicted octanol–water partition coefficient (Wildman–Crippen LogP) is 3.59. The van der Waals surface area contributed by atoms with Crippen molar-refractivity contribution in [3.8, 4) is 0 Å². The summed E-state index contributed by atoms with van der Waals surface area (Å²) < 4.78 is 5.87. The Labute approximate surface area is 201 Å². The highest BCUT2D eigenvalue weighted by Crippen LogP contribution is 2.17.